The number of rotatable bonds is 5. The van der Waals surface area contributed by atoms with Crippen molar-refractivity contribution in [1.29, 1.82) is 0 Å². The van der Waals surface area contributed by atoms with Crippen LogP contribution in [-0.4, -0.2) is 19.7 Å². The van der Waals surface area contributed by atoms with Crippen molar-refractivity contribution in [1.82, 2.24) is 19.7 Å². The summed E-state index contributed by atoms with van der Waals surface area (Å²) in [5.74, 6) is 0.551. The summed E-state index contributed by atoms with van der Waals surface area (Å²) in [6.45, 7) is 4.10. The summed E-state index contributed by atoms with van der Waals surface area (Å²) in [6.07, 6.45) is 3.56. The molecule has 2 aromatic heterocycles. The fraction of sp³-hybridized carbons (Fsp3) is 0.105. The molecule has 2 N–H and O–H groups in total. The molecule has 0 atom stereocenters. The lowest BCUT2D eigenvalue weighted by molar-refractivity contribution is 0.882. The maximum absolute atomic E-state index is 4.49. The van der Waals surface area contributed by atoms with Crippen LogP contribution in [0.3, 0.4) is 0 Å². The highest BCUT2D eigenvalue weighted by atomic mass is 32.1. The van der Waals surface area contributed by atoms with Crippen LogP contribution in [-0.2, 0) is 0 Å². The molecule has 7 heteroatoms. The highest BCUT2D eigenvalue weighted by Gasteiger charge is 2.06. The molecule has 2 aromatic carbocycles. The maximum Gasteiger partial charge on any atom is 0.246 e. The first-order chi connectivity index (χ1) is 12.7. The predicted octanol–water partition coefficient (Wildman–Crippen LogP) is 4.83. The van der Waals surface area contributed by atoms with Gasteiger partial charge in [-0.1, -0.05) is 18.2 Å². The van der Waals surface area contributed by atoms with Gasteiger partial charge in [0.05, 0.1) is 5.69 Å². The summed E-state index contributed by atoms with van der Waals surface area (Å²) >= 11 is 1.63. The average Bonchev–Trinajstić information content (AvgIpc) is 3.24. The van der Waals surface area contributed by atoms with Gasteiger partial charge in [0.2, 0.25) is 5.95 Å². The Labute approximate surface area is 155 Å². The van der Waals surface area contributed by atoms with Gasteiger partial charge < -0.3 is 10.6 Å². The van der Waals surface area contributed by atoms with Gasteiger partial charge in [0.15, 0.2) is 5.13 Å². The van der Waals surface area contributed by atoms with Gasteiger partial charge in [0.25, 0.3) is 0 Å². The van der Waals surface area contributed by atoms with Crippen LogP contribution in [0.25, 0.3) is 5.69 Å². The normalized spacial score (nSPS) is 10.7. The van der Waals surface area contributed by atoms with Crippen LogP contribution in [0, 0.1) is 13.8 Å². The van der Waals surface area contributed by atoms with Gasteiger partial charge in [0, 0.05) is 22.4 Å². The first-order valence-electron chi connectivity index (χ1n) is 8.21. The number of aryl methyl sites for hydroxylation is 2. The van der Waals surface area contributed by atoms with Crippen molar-refractivity contribution in [3.05, 3.63) is 71.5 Å². The van der Waals surface area contributed by atoms with Gasteiger partial charge in [-0.25, -0.2) is 9.67 Å². The third-order valence-electron chi connectivity index (χ3n) is 3.72. The van der Waals surface area contributed by atoms with Crippen molar-refractivity contribution in [2.24, 2.45) is 0 Å². The Hall–Kier alpha value is -3.19. The summed E-state index contributed by atoms with van der Waals surface area (Å²) in [5.41, 5.74) is 4.00. The van der Waals surface area contributed by atoms with E-state index < -0.39 is 0 Å². The van der Waals surface area contributed by atoms with Crippen LogP contribution in [0.1, 0.15) is 10.4 Å². The zero-order valence-electron chi connectivity index (χ0n) is 14.5. The van der Waals surface area contributed by atoms with Crippen LogP contribution in [0.4, 0.5) is 22.5 Å². The average molecular weight is 362 g/mol. The van der Waals surface area contributed by atoms with E-state index >= 15 is 0 Å². The molecule has 0 amide bonds. The third kappa shape index (κ3) is 3.73. The number of para-hydroxylation sites is 1. The minimum atomic E-state index is 0.551. The molecule has 0 bridgehead atoms. The van der Waals surface area contributed by atoms with E-state index in [1.165, 1.54) is 4.88 Å². The molecule has 2 heterocycles. The van der Waals surface area contributed by atoms with Gasteiger partial charge in [-0.05, 0) is 49.7 Å². The number of aromatic nitrogens is 4. The van der Waals surface area contributed by atoms with E-state index in [0.29, 0.717) is 5.95 Å². The molecule has 0 fully saturated rings. The van der Waals surface area contributed by atoms with Gasteiger partial charge in [0.1, 0.15) is 6.33 Å². The molecule has 0 unspecified atom stereocenters. The number of hydrogen-bond donors (Lipinski definition) is 2. The fourth-order valence-electron chi connectivity index (χ4n) is 2.62. The second kappa shape index (κ2) is 6.97. The Morgan fingerprint density at radius 1 is 0.923 bits per heavy atom. The van der Waals surface area contributed by atoms with Crippen molar-refractivity contribution in [3.8, 4) is 5.69 Å². The Balaban J connectivity index is 1.54. The molecule has 0 aliphatic rings. The van der Waals surface area contributed by atoms with E-state index in [4.69, 9.17) is 0 Å². The minimum absolute atomic E-state index is 0.551. The first kappa shape index (κ1) is 16.3. The highest BCUT2D eigenvalue weighted by Crippen LogP contribution is 2.26. The van der Waals surface area contributed by atoms with Crippen LogP contribution >= 0.6 is 11.3 Å². The van der Waals surface area contributed by atoms with E-state index in [1.807, 2.05) is 49.5 Å². The standard InChI is InChI=1S/C19H18N6S/c1-13-8-15(10-16(9-13)23-19-20-11-14(2)26-19)22-18-21-12-25(24-18)17-6-4-3-5-7-17/h3-12H,1-2H3,(H,20,23)(H,22,24). The van der Waals surface area contributed by atoms with Crippen LogP contribution < -0.4 is 10.6 Å². The van der Waals surface area contributed by atoms with Crippen molar-refractivity contribution in [2.45, 2.75) is 13.8 Å². The van der Waals surface area contributed by atoms with Gasteiger partial charge in [-0.15, -0.1) is 16.4 Å². The maximum atomic E-state index is 4.49. The molecule has 0 spiro atoms. The van der Waals surface area contributed by atoms with Gasteiger partial charge >= 0.3 is 0 Å². The predicted molar refractivity (Wildman–Crippen MR) is 106 cm³/mol. The zero-order valence-corrected chi connectivity index (χ0v) is 15.3. The zero-order chi connectivity index (χ0) is 17.9. The van der Waals surface area contributed by atoms with E-state index in [2.05, 4.69) is 44.8 Å². The molecule has 130 valence electrons. The van der Waals surface area contributed by atoms with Crippen LogP contribution in [0.2, 0.25) is 0 Å². The van der Waals surface area contributed by atoms with Crippen molar-refractivity contribution < 1.29 is 0 Å². The van der Waals surface area contributed by atoms with Gasteiger partial charge in [-0.3, -0.25) is 0 Å². The van der Waals surface area contributed by atoms with E-state index in [9.17, 15) is 0 Å². The lowest BCUT2D eigenvalue weighted by atomic mass is 10.2. The second-order valence-corrected chi connectivity index (χ2v) is 7.20. The summed E-state index contributed by atoms with van der Waals surface area (Å²) in [4.78, 5) is 9.87. The van der Waals surface area contributed by atoms with E-state index in [-0.39, 0.29) is 0 Å². The molecule has 0 saturated heterocycles. The minimum Gasteiger partial charge on any atom is -0.331 e. The number of hydrogen-bond acceptors (Lipinski definition) is 6. The summed E-state index contributed by atoms with van der Waals surface area (Å²) in [5, 5.41) is 12.0. The molecule has 0 aliphatic heterocycles. The quantitative estimate of drug-likeness (QED) is 0.532. The van der Waals surface area contributed by atoms with E-state index in [1.54, 1.807) is 22.3 Å². The molecule has 4 rings (SSSR count). The number of thiazole rings is 1. The van der Waals surface area contributed by atoms with Crippen LogP contribution in [0.15, 0.2) is 61.1 Å². The Morgan fingerprint density at radius 3 is 2.42 bits per heavy atom. The SMILES string of the molecule is Cc1cc(Nc2ncn(-c3ccccc3)n2)cc(Nc2ncc(C)s2)c1. The van der Waals surface area contributed by atoms with Gasteiger partial charge in [-0.2, -0.15) is 4.98 Å². The summed E-state index contributed by atoms with van der Waals surface area (Å²) in [6, 6.07) is 16.1. The molecular weight excluding hydrogens is 344 g/mol. The largest absolute Gasteiger partial charge is 0.331 e. The highest BCUT2D eigenvalue weighted by molar-refractivity contribution is 7.15. The first-order valence-corrected chi connectivity index (χ1v) is 9.03. The summed E-state index contributed by atoms with van der Waals surface area (Å²) in [7, 11) is 0. The third-order valence-corrected chi connectivity index (χ3v) is 4.55. The fourth-order valence-corrected chi connectivity index (χ4v) is 3.30. The van der Waals surface area contributed by atoms with Crippen molar-refractivity contribution >= 4 is 33.8 Å². The Morgan fingerprint density at radius 2 is 1.69 bits per heavy atom. The topological polar surface area (TPSA) is 67.7 Å². The number of benzene rings is 2. The van der Waals surface area contributed by atoms with Crippen molar-refractivity contribution in [3.63, 3.8) is 0 Å². The van der Waals surface area contributed by atoms with E-state index in [0.717, 1.165) is 27.8 Å². The molecule has 0 radical (unpaired) electrons. The molecule has 0 saturated carbocycles. The molecular formula is C19H18N6S. The number of nitrogens with zero attached hydrogens (tertiary/aromatic N) is 4. The number of nitrogens with one attached hydrogen (secondary N) is 2. The van der Waals surface area contributed by atoms with Crippen molar-refractivity contribution in [2.75, 3.05) is 10.6 Å². The Kier molecular flexibility index (Phi) is 4.37. The Bertz CT molecular complexity index is 1020. The number of anilines is 4. The molecule has 26 heavy (non-hydrogen) atoms. The lowest BCUT2D eigenvalue weighted by Crippen LogP contribution is -1.98. The van der Waals surface area contributed by atoms with Crippen LogP contribution in [0.5, 0.6) is 0 Å². The second-order valence-electron chi connectivity index (χ2n) is 5.96. The lowest BCUT2D eigenvalue weighted by Gasteiger charge is -2.08. The molecule has 4 aromatic rings. The molecule has 0 aliphatic carbocycles. The smallest absolute Gasteiger partial charge is 0.246 e. The monoisotopic (exact) mass is 362 g/mol. The summed E-state index contributed by atoms with van der Waals surface area (Å²) < 4.78 is 1.75. The molecule has 6 nitrogen and oxygen atoms in total.